The molecule has 0 aromatic heterocycles. The molecule has 3 aliphatic heterocycles. The topological polar surface area (TPSA) is 196 Å². The van der Waals surface area contributed by atoms with Gasteiger partial charge in [0.25, 0.3) is 0 Å². The monoisotopic (exact) mass is 780 g/mol. The number of hydrogen-bond donors (Lipinski definition) is 7. The Labute approximate surface area is 334 Å². The average Bonchev–Trinajstić information content (AvgIpc) is 3.72. The van der Waals surface area contributed by atoms with Crippen molar-refractivity contribution in [1.82, 2.24) is 0 Å². The van der Waals surface area contributed by atoms with Crippen LogP contribution in [0.5, 0.6) is 0 Å². The first-order valence-electron chi connectivity index (χ1n) is 22.3. The van der Waals surface area contributed by atoms with Crippen LogP contribution < -0.4 is 16.4 Å². The van der Waals surface area contributed by atoms with Gasteiger partial charge in [-0.1, -0.05) is 11.8 Å². The molecule has 310 valence electrons. The minimum absolute atomic E-state index is 0.0193. The van der Waals surface area contributed by atoms with Gasteiger partial charge in [-0.25, -0.2) is 0 Å². The Morgan fingerprint density at radius 1 is 0.964 bits per heavy atom. The number of nitrogens with two attached hydrogens (primary N) is 3. The summed E-state index contributed by atoms with van der Waals surface area (Å²) in [6.45, 7) is 3.83. The molecule has 0 aromatic rings. The number of hydrogen-bond acceptors (Lipinski definition) is 9. The van der Waals surface area contributed by atoms with E-state index >= 15 is 0 Å². The highest BCUT2D eigenvalue weighted by molar-refractivity contribution is 5.89. The Balaban J connectivity index is 1.01. The molecule has 0 amide bonds. The van der Waals surface area contributed by atoms with Crippen LogP contribution in [0.2, 0.25) is 0 Å². The number of nitrogens with zero attached hydrogens (tertiary/aromatic N) is 1. The number of aliphatic imine (C=N–C) groups is 1. The molecule has 3 heterocycles. The summed E-state index contributed by atoms with van der Waals surface area (Å²) in [7, 11) is 1.62. The molecule has 3 saturated carbocycles. The van der Waals surface area contributed by atoms with Crippen molar-refractivity contribution in [2.24, 2.45) is 63.5 Å². The lowest BCUT2D eigenvalue weighted by Gasteiger charge is -2.42. The van der Waals surface area contributed by atoms with Gasteiger partial charge in [-0.15, -0.1) is 4.99 Å². The number of carbonyl (C=O) groups excluding carboxylic acids is 2. The van der Waals surface area contributed by atoms with Crippen LogP contribution in [0.15, 0.2) is 16.6 Å². The second kappa shape index (κ2) is 18.8. The summed E-state index contributed by atoms with van der Waals surface area (Å²) in [5.74, 6) is 9.34. The highest BCUT2D eigenvalue weighted by Gasteiger charge is 2.50. The van der Waals surface area contributed by atoms with E-state index in [1.807, 2.05) is 12.8 Å². The fraction of sp³-hybridized carbons (Fsp3) is 0.822. The molecular weight excluding hydrogens is 709 g/mol. The normalized spacial score (nSPS) is 42.5. The predicted octanol–water partition coefficient (Wildman–Crippen LogP) is 1.56. The number of Topliss-reactive ketones (excluding diaryl/α,β-unsaturated/α-hetero) is 2. The number of carbonyl (C=O) groups is 2. The van der Waals surface area contributed by atoms with Gasteiger partial charge in [0.2, 0.25) is 0 Å². The number of aliphatic hydroxyl groups excluding tert-OH is 4. The Morgan fingerprint density at radius 3 is 2.57 bits per heavy atom. The fourth-order valence-electron chi connectivity index (χ4n) is 12.3. The number of fused-ring (bicyclic) bond motifs is 2. The van der Waals surface area contributed by atoms with Gasteiger partial charge in [0.15, 0.2) is 12.0 Å². The number of aliphatic hydroxyl groups is 4. The molecule has 0 aromatic carbocycles. The number of rotatable bonds is 12. The van der Waals surface area contributed by atoms with Gasteiger partial charge in [0.05, 0.1) is 62.1 Å². The zero-order valence-corrected chi connectivity index (χ0v) is 33.7. The van der Waals surface area contributed by atoms with Gasteiger partial charge in [0, 0.05) is 56.5 Å². The van der Waals surface area contributed by atoms with Crippen LogP contribution in [0, 0.1) is 71.1 Å². The molecule has 4 aliphatic carbocycles. The van der Waals surface area contributed by atoms with Crippen LogP contribution in [0.1, 0.15) is 116 Å². The smallest absolute Gasteiger partial charge is 0.176 e. The molecule has 56 heavy (non-hydrogen) atoms. The van der Waals surface area contributed by atoms with Crippen molar-refractivity contribution in [1.29, 1.82) is 0 Å². The van der Waals surface area contributed by atoms with E-state index in [9.17, 15) is 30.0 Å². The van der Waals surface area contributed by atoms with Crippen LogP contribution in [-0.2, 0) is 14.3 Å². The molecule has 7 unspecified atom stereocenters. The van der Waals surface area contributed by atoms with Crippen molar-refractivity contribution in [3.8, 4) is 11.8 Å². The lowest BCUT2D eigenvalue weighted by Crippen LogP contribution is -2.96. The minimum Gasteiger partial charge on any atom is -0.391 e. The second-order valence-electron chi connectivity index (χ2n) is 19.3. The van der Waals surface area contributed by atoms with Crippen LogP contribution in [0.4, 0.5) is 0 Å². The molecule has 16 atom stereocenters. The van der Waals surface area contributed by atoms with Crippen LogP contribution in [0.25, 0.3) is 0 Å². The van der Waals surface area contributed by atoms with Gasteiger partial charge < -0.3 is 35.8 Å². The molecule has 0 bridgehead atoms. The highest BCUT2D eigenvalue weighted by atomic mass is 16.5. The van der Waals surface area contributed by atoms with E-state index in [1.54, 1.807) is 7.11 Å². The Kier molecular flexibility index (Phi) is 14.1. The lowest BCUT2D eigenvalue weighted by molar-refractivity contribution is -0.711. The Hall–Kier alpha value is -2.14. The zero-order valence-electron chi connectivity index (χ0n) is 33.7. The van der Waals surface area contributed by atoms with Gasteiger partial charge in [-0.3, -0.25) is 15.3 Å². The second-order valence-corrected chi connectivity index (χ2v) is 19.3. The fourth-order valence-corrected chi connectivity index (χ4v) is 12.3. The third kappa shape index (κ3) is 9.82. The van der Waals surface area contributed by atoms with E-state index < -0.39 is 29.8 Å². The highest BCUT2D eigenvalue weighted by Crippen LogP contribution is 2.47. The van der Waals surface area contributed by atoms with E-state index in [4.69, 9.17) is 10.5 Å². The molecule has 1 spiro atoms. The predicted molar refractivity (Wildman–Crippen MR) is 212 cm³/mol. The maximum absolute atomic E-state index is 14.2. The van der Waals surface area contributed by atoms with Crippen molar-refractivity contribution in [2.75, 3.05) is 20.2 Å². The summed E-state index contributed by atoms with van der Waals surface area (Å²) in [5, 5.41) is 50.7. The van der Waals surface area contributed by atoms with Crippen LogP contribution in [0.3, 0.4) is 0 Å². The number of ether oxygens (including phenoxy) is 1. The first-order valence-corrected chi connectivity index (χ1v) is 22.3. The summed E-state index contributed by atoms with van der Waals surface area (Å²) < 4.78 is 5.68. The van der Waals surface area contributed by atoms with Gasteiger partial charge in [-0.2, -0.15) is 0 Å². The molecule has 0 radical (unpaired) electrons. The molecule has 2 saturated heterocycles. The summed E-state index contributed by atoms with van der Waals surface area (Å²) in [4.78, 5) is 30.4. The van der Waals surface area contributed by atoms with Gasteiger partial charge >= 0.3 is 0 Å². The van der Waals surface area contributed by atoms with E-state index in [1.165, 1.54) is 12.0 Å². The maximum atomic E-state index is 14.2. The standard InChI is InChI=1S/C45H69N4O7/c1-56-41-20-31-6-9-42(54)45(13-10-27(18-43(45)55)2-3-28-16-33-4-7-35(50)22-37(33)48-25-28)14-11-32(36(31)23-40(41)53)19-39(52)38(51)8-5-30-21-44(46)49-26-34(30)17-29-12-15-47-24-29/h12,15,24,27-28,30-34,36-41,43-44,48-49,51-53,55H,2-10,13,16-23,25-26,46H2,1H3/q+1/p+2/t27-,28+,30?,31?,32+,33-,34?,36?,37+,38+,39-,40?,41?,43+,44?,45+/m0/s1. The number of methoxy groups -OCH3 is 1. The number of piperidine rings is 2. The average molecular weight is 780 g/mol. The van der Waals surface area contributed by atoms with Crippen molar-refractivity contribution in [3.63, 3.8) is 0 Å². The summed E-state index contributed by atoms with van der Waals surface area (Å²) >= 11 is 0. The van der Waals surface area contributed by atoms with Crippen molar-refractivity contribution >= 4 is 17.8 Å². The molecule has 5 fully saturated rings. The quantitative estimate of drug-likeness (QED) is 0.115. The minimum atomic E-state index is -1.13. The lowest BCUT2D eigenvalue weighted by atomic mass is 9.64. The first-order chi connectivity index (χ1) is 27.0. The maximum Gasteiger partial charge on any atom is 0.176 e. The van der Waals surface area contributed by atoms with E-state index in [2.05, 4.69) is 33.5 Å². The third-order valence-electron chi connectivity index (χ3n) is 15.8. The summed E-state index contributed by atoms with van der Waals surface area (Å²) in [6, 6.07) is 0.463. The molecule has 7 rings (SSSR count). The third-order valence-corrected chi connectivity index (χ3v) is 15.8. The summed E-state index contributed by atoms with van der Waals surface area (Å²) in [6.07, 6.45) is 13.3. The van der Waals surface area contributed by atoms with Gasteiger partial charge in [-0.05, 0) is 107 Å². The van der Waals surface area contributed by atoms with E-state index in [0.717, 1.165) is 70.9 Å². The molecule has 7 aliphatic rings. The Bertz CT molecular complexity index is 1490. The van der Waals surface area contributed by atoms with Crippen molar-refractivity contribution in [2.45, 2.75) is 158 Å². The SMILES string of the molecule is COC1CC2CCC(=O)[C@]3(C#C[C@H](C[C@H](O)[C@H](O)CCC4CC(N)[NH2+]CC4CC4=C[CH+]N=C4)C2CC1O)CC[C@H](CC[C@H]1C[NH2+][C@@H]2CC(=O)CC[C@H]2C1)C[C@H]3O. The molecule has 11 heteroatoms. The molecule has 11 nitrogen and oxygen atoms in total. The number of ketones is 2. The largest absolute Gasteiger partial charge is 0.391 e. The van der Waals surface area contributed by atoms with Crippen molar-refractivity contribution in [3.05, 3.63) is 18.2 Å². The first kappa shape index (κ1) is 42.0. The number of quaternary nitrogens is 2. The molecular formula is C45H71N4O7+3. The summed E-state index contributed by atoms with van der Waals surface area (Å²) in [5.41, 5.74) is 6.45. The van der Waals surface area contributed by atoms with E-state index in [0.29, 0.717) is 86.4 Å². The van der Waals surface area contributed by atoms with Crippen LogP contribution >= 0.6 is 0 Å². The Morgan fingerprint density at radius 2 is 1.79 bits per heavy atom. The van der Waals surface area contributed by atoms with Crippen LogP contribution in [-0.4, -0.2) is 101 Å². The molecule has 10 N–H and O–H groups in total. The van der Waals surface area contributed by atoms with Gasteiger partial charge in [0.1, 0.15) is 29.5 Å². The number of allylic oxidation sites excluding steroid dienone is 1. The van der Waals surface area contributed by atoms with Crippen molar-refractivity contribution < 1.29 is 45.4 Å². The zero-order chi connectivity index (χ0) is 39.4. The van der Waals surface area contributed by atoms with E-state index in [-0.39, 0.29) is 42.2 Å².